The van der Waals surface area contributed by atoms with Crippen LogP contribution < -0.4 is 10.2 Å². The quantitative estimate of drug-likeness (QED) is 0.688. The van der Waals surface area contributed by atoms with E-state index in [1.165, 1.54) is 11.3 Å². The van der Waals surface area contributed by atoms with Gasteiger partial charge in [0, 0.05) is 13.1 Å². The number of hydrogen-bond acceptors (Lipinski definition) is 6. The zero-order valence-corrected chi connectivity index (χ0v) is 16.2. The molecular weight excluding hydrogens is 390 g/mol. The number of carbonyl (C=O) groups excluding carboxylic acids is 1. The van der Waals surface area contributed by atoms with Crippen LogP contribution in [0.3, 0.4) is 0 Å². The molecule has 1 saturated heterocycles. The van der Waals surface area contributed by atoms with Crippen LogP contribution in [0.4, 0.5) is 11.4 Å². The predicted molar refractivity (Wildman–Crippen MR) is 108 cm³/mol. The van der Waals surface area contributed by atoms with Crippen LogP contribution in [-0.4, -0.2) is 37.2 Å². The number of nitrogens with one attached hydrogen (secondary N) is 1. The molecule has 26 heavy (non-hydrogen) atoms. The average Bonchev–Trinajstić information content (AvgIpc) is 3.34. The van der Waals surface area contributed by atoms with Crippen LogP contribution in [0.5, 0.6) is 0 Å². The number of rotatable bonds is 4. The number of amides is 1. The molecule has 1 amide bonds. The highest BCUT2D eigenvalue weighted by atomic mass is 35.5. The van der Waals surface area contributed by atoms with Crippen molar-refractivity contribution in [3.05, 3.63) is 51.8 Å². The standard InChI is InChI=1S/C18H16ClN3O2S2/c19-12-3-1-4-13(16(12)22-6-8-24-9-7-22)21-17(23)15-11-20-18(26-15)14-5-2-10-25-14/h1-5,10-11H,6-9H2,(H,21,23). The minimum atomic E-state index is -0.179. The van der Waals surface area contributed by atoms with E-state index in [2.05, 4.69) is 15.2 Å². The van der Waals surface area contributed by atoms with Crippen molar-refractivity contribution in [3.63, 3.8) is 0 Å². The molecule has 0 saturated carbocycles. The van der Waals surface area contributed by atoms with Gasteiger partial charge in [-0.15, -0.1) is 22.7 Å². The number of thiophene rings is 1. The van der Waals surface area contributed by atoms with Gasteiger partial charge < -0.3 is 15.0 Å². The Hall–Kier alpha value is -1.93. The van der Waals surface area contributed by atoms with Gasteiger partial charge in [-0.25, -0.2) is 4.98 Å². The molecule has 4 rings (SSSR count). The lowest BCUT2D eigenvalue weighted by atomic mass is 10.2. The van der Waals surface area contributed by atoms with E-state index in [1.807, 2.05) is 35.7 Å². The van der Waals surface area contributed by atoms with E-state index in [0.29, 0.717) is 28.8 Å². The zero-order valence-electron chi connectivity index (χ0n) is 13.8. The van der Waals surface area contributed by atoms with Crippen LogP contribution in [0.2, 0.25) is 5.02 Å². The molecule has 0 radical (unpaired) electrons. The first-order valence-electron chi connectivity index (χ1n) is 8.14. The van der Waals surface area contributed by atoms with E-state index in [0.717, 1.165) is 28.7 Å². The van der Waals surface area contributed by atoms with Gasteiger partial charge in [-0.1, -0.05) is 23.7 Å². The van der Waals surface area contributed by atoms with Gasteiger partial charge in [0.25, 0.3) is 5.91 Å². The Morgan fingerprint density at radius 1 is 1.23 bits per heavy atom. The summed E-state index contributed by atoms with van der Waals surface area (Å²) in [6, 6.07) is 9.52. The van der Waals surface area contributed by atoms with Gasteiger partial charge >= 0.3 is 0 Å². The Bertz CT molecular complexity index is 905. The van der Waals surface area contributed by atoms with Crippen LogP contribution in [0.1, 0.15) is 9.67 Å². The number of anilines is 2. The van der Waals surface area contributed by atoms with Gasteiger partial charge in [-0.05, 0) is 23.6 Å². The fraction of sp³-hybridized carbons (Fsp3) is 0.222. The summed E-state index contributed by atoms with van der Waals surface area (Å²) < 4.78 is 5.41. The number of thiazole rings is 1. The van der Waals surface area contributed by atoms with E-state index in [9.17, 15) is 4.79 Å². The number of hydrogen-bond donors (Lipinski definition) is 1. The van der Waals surface area contributed by atoms with Crippen molar-refractivity contribution >= 4 is 51.6 Å². The predicted octanol–water partition coefficient (Wildman–Crippen LogP) is 4.61. The summed E-state index contributed by atoms with van der Waals surface area (Å²) in [5.74, 6) is -0.179. The number of ether oxygens (including phenoxy) is 1. The van der Waals surface area contributed by atoms with Crippen molar-refractivity contribution in [1.29, 1.82) is 0 Å². The van der Waals surface area contributed by atoms with Crippen LogP contribution in [0.15, 0.2) is 41.9 Å². The molecule has 0 spiro atoms. The fourth-order valence-corrected chi connectivity index (χ4v) is 4.71. The number of morpholine rings is 1. The number of aromatic nitrogens is 1. The van der Waals surface area contributed by atoms with Crippen LogP contribution in [0, 0.1) is 0 Å². The van der Waals surface area contributed by atoms with Crippen LogP contribution in [-0.2, 0) is 4.74 Å². The topological polar surface area (TPSA) is 54.5 Å². The third kappa shape index (κ3) is 3.61. The normalized spacial score (nSPS) is 14.4. The Kier molecular flexibility index (Phi) is 5.21. The first kappa shape index (κ1) is 17.5. The summed E-state index contributed by atoms with van der Waals surface area (Å²) in [6.45, 7) is 2.79. The minimum absolute atomic E-state index is 0.179. The second kappa shape index (κ2) is 7.75. The molecule has 1 aromatic carbocycles. The molecule has 8 heteroatoms. The van der Waals surface area contributed by atoms with Crippen LogP contribution >= 0.6 is 34.3 Å². The Balaban J connectivity index is 1.57. The molecule has 1 N–H and O–H groups in total. The smallest absolute Gasteiger partial charge is 0.267 e. The van der Waals surface area contributed by atoms with Crippen molar-refractivity contribution in [2.75, 3.05) is 36.5 Å². The number of para-hydroxylation sites is 1. The molecule has 1 aliphatic rings. The maximum absolute atomic E-state index is 12.7. The maximum Gasteiger partial charge on any atom is 0.267 e. The number of carbonyl (C=O) groups is 1. The summed E-state index contributed by atoms with van der Waals surface area (Å²) in [5.41, 5.74) is 1.55. The van der Waals surface area contributed by atoms with Gasteiger partial charge in [0.1, 0.15) is 9.88 Å². The highest BCUT2D eigenvalue weighted by Crippen LogP contribution is 2.35. The minimum Gasteiger partial charge on any atom is -0.378 e. The van der Waals surface area contributed by atoms with E-state index in [1.54, 1.807) is 17.5 Å². The molecule has 3 aromatic rings. The first-order valence-corrected chi connectivity index (χ1v) is 10.2. The molecule has 2 aromatic heterocycles. The van der Waals surface area contributed by atoms with Crippen LogP contribution in [0.25, 0.3) is 9.88 Å². The van der Waals surface area contributed by atoms with Gasteiger partial charge in [0.2, 0.25) is 0 Å². The summed E-state index contributed by atoms with van der Waals surface area (Å²) >= 11 is 9.41. The Morgan fingerprint density at radius 2 is 2.08 bits per heavy atom. The largest absolute Gasteiger partial charge is 0.378 e. The molecule has 0 bridgehead atoms. The van der Waals surface area contributed by atoms with Crippen molar-refractivity contribution in [2.24, 2.45) is 0 Å². The average molecular weight is 406 g/mol. The summed E-state index contributed by atoms with van der Waals surface area (Å²) in [5, 5.41) is 6.46. The first-order chi connectivity index (χ1) is 12.7. The number of halogens is 1. The second-order valence-corrected chi connectivity index (χ2v) is 8.08. The molecular formula is C18H16ClN3O2S2. The molecule has 5 nitrogen and oxygen atoms in total. The SMILES string of the molecule is O=C(Nc1cccc(Cl)c1N1CCOCC1)c1cnc(-c2cccs2)s1. The Morgan fingerprint density at radius 3 is 2.85 bits per heavy atom. The molecule has 1 fully saturated rings. The van der Waals surface area contributed by atoms with Gasteiger partial charge in [0.05, 0.1) is 40.7 Å². The van der Waals surface area contributed by atoms with Crippen molar-refractivity contribution < 1.29 is 9.53 Å². The fourth-order valence-electron chi connectivity index (χ4n) is 2.80. The van der Waals surface area contributed by atoms with Crippen molar-refractivity contribution in [2.45, 2.75) is 0 Å². The lowest BCUT2D eigenvalue weighted by Crippen LogP contribution is -2.37. The molecule has 1 aliphatic heterocycles. The molecule has 0 unspecified atom stereocenters. The Labute approximate surface area is 164 Å². The van der Waals surface area contributed by atoms with Gasteiger partial charge in [-0.3, -0.25) is 4.79 Å². The second-order valence-electron chi connectivity index (χ2n) is 5.70. The molecule has 0 atom stereocenters. The van der Waals surface area contributed by atoms with Crippen molar-refractivity contribution in [1.82, 2.24) is 4.98 Å². The van der Waals surface area contributed by atoms with Crippen molar-refractivity contribution in [3.8, 4) is 9.88 Å². The molecule has 134 valence electrons. The zero-order chi connectivity index (χ0) is 17.9. The lowest BCUT2D eigenvalue weighted by Gasteiger charge is -2.31. The summed E-state index contributed by atoms with van der Waals surface area (Å²) in [7, 11) is 0. The van der Waals surface area contributed by atoms with Gasteiger partial charge in [0.15, 0.2) is 0 Å². The van der Waals surface area contributed by atoms with E-state index < -0.39 is 0 Å². The molecule has 3 heterocycles. The summed E-state index contributed by atoms with van der Waals surface area (Å²) in [4.78, 5) is 20.9. The van der Waals surface area contributed by atoms with Gasteiger partial charge in [-0.2, -0.15) is 0 Å². The third-order valence-electron chi connectivity index (χ3n) is 4.02. The maximum atomic E-state index is 12.7. The van der Waals surface area contributed by atoms with E-state index in [4.69, 9.17) is 16.3 Å². The summed E-state index contributed by atoms with van der Waals surface area (Å²) in [6.07, 6.45) is 1.62. The highest BCUT2D eigenvalue weighted by Gasteiger charge is 2.20. The van der Waals surface area contributed by atoms with E-state index in [-0.39, 0.29) is 5.91 Å². The lowest BCUT2D eigenvalue weighted by molar-refractivity contribution is 0.103. The number of benzene rings is 1. The van der Waals surface area contributed by atoms with E-state index >= 15 is 0 Å². The third-order valence-corrected chi connectivity index (χ3v) is 6.36. The number of nitrogens with zero attached hydrogens (tertiary/aromatic N) is 2. The highest BCUT2D eigenvalue weighted by molar-refractivity contribution is 7.22. The molecule has 0 aliphatic carbocycles. The monoisotopic (exact) mass is 405 g/mol.